The summed E-state index contributed by atoms with van der Waals surface area (Å²) in [6, 6.07) is 3.62. The second kappa shape index (κ2) is 7.71. The van der Waals surface area contributed by atoms with E-state index >= 15 is 0 Å². The van der Waals surface area contributed by atoms with E-state index in [0.717, 1.165) is 25.1 Å². The van der Waals surface area contributed by atoms with Crippen LogP contribution in [0, 0.1) is 5.92 Å². The molecule has 0 aliphatic rings. The summed E-state index contributed by atoms with van der Waals surface area (Å²) in [4.78, 5) is 22.4. The van der Waals surface area contributed by atoms with Crippen LogP contribution in [0.5, 0.6) is 0 Å². The van der Waals surface area contributed by atoms with Crippen molar-refractivity contribution < 1.29 is 4.79 Å². The molecule has 0 aliphatic carbocycles. The third kappa shape index (κ3) is 5.05. The fourth-order valence-corrected chi connectivity index (χ4v) is 2.35. The zero-order valence-electron chi connectivity index (χ0n) is 13.9. The number of rotatable bonds is 7. The Morgan fingerprint density at radius 2 is 2.17 bits per heavy atom. The van der Waals surface area contributed by atoms with Crippen molar-refractivity contribution in [3.8, 4) is 0 Å². The Hall–Kier alpha value is -2.44. The van der Waals surface area contributed by atoms with E-state index < -0.39 is 0 Å². The highest BCUT2D eigenvalue weighted by Gasteiger charge is 2.15. The summed E-state index contributed by atoms with van der Waals surface area (Å²) in [6.07, 6.45) is 5.25. The minimum absolute atomic E-state index is 0.135. The third-order valence-electron chi connectivity index (χ3n) is 3.42. The van der Waals surface area contributed by atoms with Gasteiger partial charge < -0.3 is 10.6 Å². The molecule has 7 nitrogen and oxygen atoms in total. The van der Waals surface area contributed by atoms with E-state index in [1.165, 1.54) is 0 Å². The molecule has 2 heterocycles. The summed E-state index contributed by atoms with van der Waals surface area (Å²) in [5.41, 5.74) is 6.90. The molecular weight excluding hydrogens is 292 g/mol. The topological polar surface area (TPSA) is 89.9 Å². The second-order valence-corrected chi connectivity index (χ2v) is 6.05. The fourth-order valence-electron chi connectivity index (χ4n) is 2.35. The van der Waals surface area contributed by atoms with Gasteiger partial charge in [0, 0.05) is 38.2 Å². The summed E-state index contributed by atoms with van der Waals surface area (Å²) < 4.78 is 1.85. The first-order valence-corrected chi connectivity index (χ1v) is 7.82. The zero-order valence-corrected chi connectivity index (χ0v) is 13.9. The van der Waals surface area contributed by atoms with Crippen molar-refractivity contribution in [2.45, 2.75) is 33.2 Å². The van der Waals surface area contributed by atoms with Gasteiger partial charge in [0.25, 0.3) is 5.91 Å². The van der Waals surface area contributed by atoms with Crippen LogP contribution in [-0.4, -0.2) is 44.1 Å². The molecule has 2 aromatic rings. The lowest BCUT2D eigenvalue weighted by Gasteiger charge is -2.17. The molecule has 2 N–H and O–H groups in total. The number of nitrogen functional groups attached to an aromatic ring is 1. The van der Waals surface area contributed by atoms with Crippen LogP contribution in [0.3, 0.4) is 0 Å². The monoisotopic (exact) mass is 316 g/mol. The SMILES string of the molecule is CC(C)Cc1cc(C(=O)N(C)CCCn2cccn2)nc(N)n1. The number of hydrogen-bond donors (Lipinski definition) is 1. The van der Waals surface area contributed by atoms with Crippen LogP contribution in [0.2, 0.25) is 0 Å². The van der Waals surface area contributed by atoms with Gasteiger partial charge in [-0.15, -0.1) is 0 Å². The molecule has 0 spiro atoms. The van der Waals surface area contributed by atoms with Crippen LogP contribution in [0.4, 0.5) is 5.95 Å². The van der Waals surface area contributed by atoms with E-state index in [0.29, 0.717) is 18.2 Å². The number of anilines is 1. The van der Waals surface area contributed by atoms with E-state index in [4.69, 9.17) is 5.73 Å². The number of amides is 1. The minimum Gasteiger partial charge on any atom is -0.368 e. The first kappa shape index (κ1) is 16.9. The van der Waals surface area contributed by atoms with Crippen LogP contribution in [-0.2, 0) is 13.0 Å². The van der Waals surface area contributed by atoms with Gasteiger partial charge in [0.2, 0.25) is 5.95 Å². The Labute approximate surface area is 136 Å². The predicted molar refractivity (Wildman–Crippen MR) is 88.8 cm³/mol. The lowest BCUT2D eigenvalue weighted by Crippen LogP contribution is -2.29. The Bertz CT molecular complexity index is 638. The molecule has 0 aromatic carbocycles. The van der Waals surface area contributed by atoms with Crippen LogP contribution in [0.15, 0.2) is 24.5 Å². The van der Waals surface area contributed by atoms with Crippen molar-refractivity contribution in [2.24, 2.45) is 5.92 Å². The quantitative estimate of drug-likeness (QED) is 0.838. The molecule has 0 saturated heterocycles. The fraction of sp³-hybridized carbons (Fsp3) is 0.500. The van der Waals surface area contributed by atoms with E-state index in [1.807, 2.05) is 16.9 Å². The molecule has 0 aliphatic heterocycles. The number of aromatic nitrogens is 4. The molecule has 23 heavy (non-hydrogen) atoms. The molecule has 124 valence electrons. The summed E-state index contributed by atoms with van der Waals surface area (Å²) in [5, 5.41) is 4.14. The van der Waals surface area contributed by atoms with Gasteiger partial charge in [-0.05, 0) is 30.9 Å². The summed E-state index contributed by atoms with van der Waals surface area (Å²) in [5.74, 6) is 0.458. The maximum Gasteiger partial charge on any atom is 0.272 e. The average Bonchev–Trinajstić information content (AvgIpc) is 2.98. The maximum absolute atomic E-state index is 12.5. The number of carbonyl (C=O) groups excluding carboxylic acids is 1. The zero-order chi connectivity index (χ0) is 16.8. The Morgan fingerprint density at radius 3 is 2.83 bits per heavy atom. The highest BCUT2D eigenvalue weighted by atomic mass is 16.2. The smallest absolute Gasteiger partial charge is 0.272 e. The lowest BCUT2D eigenvalue weighted by atomic mass is 10.1. The van der Waals surface area contributed by atoms with Crippen LogP contribution in [0.1, 0.15) is 36.5 Å². The summed E-state index contributed by atoms with van der Waals surface area (Å²) in [7, 11) is 1.77. The molecule has 0 saturated carbocycles. The minimum atomic E-state index is -0.135. The van der Waals surface area contributed by atoms with Crippen LogP contribution >= 0.6 is 0 Å². The molecule has 0 unspecified atom stereocenters. The first-order valence-electron chi connectivity index (χ1n) is 7.82. The van der Waals surface area contributed by atoms with Gasteiger partial charge in [-0.3, -0.25) is 9.48 Å². The summed E-state index contributed by atoms with van der Waals surface area (Å²) >= 11 is 0. The molecule has 7 heteroatoms. The Morgan fingerprint density at radius 1 is 1.39 bits per heavy atom. The number of carbonyl (C=O) groups is 1. The van der Waals surface area contributed by atoms with Crippen molar-refractivity contribution in [2.75, 3.05) is 19.3 Å². The standard InChI is InChI=1S/C16H24N6O/c1-12(2)10-13-11-14(20-16(17)19-13)15(23)21(3)7-5-9-22-8-4-6-18-22/h4,6,8,11-12H,5,7,9-10H2,1-3H3,(H2,17,19,20). The number of nitrogens with two attached hydrogens (primary N) is 1. The van der Waals surface area contributed by atoms with Crippen molar-refractivity contribution >= 4 is 11.9 Å². The molecule has 2 aromatic heterocycles. The lowest BCUT2D eigenvalue weighted by molar-refractivity contribution is 0.0785. The normalized spacial score (nSPS) is 11.0. The van der Waals surface area contributed by atoms with Gasteiger partial charge in [-0.2, -0.15) is 5.10 Å². The van der Waals surface area contributed by atoms with Crippen molar-refractivity contribution in [3.05, 3.63) is 35.9 Å². The molecule has 0 atom stereocenters. The third-order valence-corrected chi connectivity index (χ3v) is 3.42. The predicted octanol–water partition coefficient (Wildman–Crippen LogP) is 1.62. The number of nitrogens with zero attached hydrogens (tertiary/aromatic N) is 5. The summed E-state index contributed by atoms with van der Waals surface area (Å²) in [6.45, 7) is 5.60. The van der Waals surface area contributed by atoms with Crippen LogP contribution in [0.25, 0.3) is 0 Å². The highest BCUT2D eigenvalue weighted by molar-refractivity contribution is 5.92. The molecule has 0 bridgehead atoms. The van der Waals surface area contributed by atoms with Crippen molar-refractivity contribution in [1.29, 1.82) is 0 Å². The van der Waals surface area contributed by atoms with E-state index in [2.05, 4.69) is 28.9 Å². The van der Waals surface area contributed by atoms with Gasteiger partial charge in [-0.25, -0.2) is 9.97 Å². The van der Waals surface area contributed by atoms with Crippen LogP contribution < -0.4 is 5.73 Å². The Kier molecular flexibility index (Phi) is 5.67. The second-order valence-electron chi connectivity index (χ2n) is 6.05. The van der Waals surface area contributed by atoms with Gasteiger partial charge >= 0.3 is 0 Å². The Balaban J connectivity index is 1.96. The maximum atomic E-state index is 12.5. The number of aryl methyl sites for hydroxylation is 1. The van der Waals surface area contributed by atoms with E-state index in [1.54, 1.807) is 24.2 Å². The first-order chi connectivity index (χ1) is 11.0. The molecule has 0 radical (unpaired) electrons. The van der Waals surface area contributed by atoms with Gasteiger partial charge in [0.15, 0.2) is 0 Å². The average molecular weight is 316 g/mol. The molecule has 0 fully saturated rings. The largest absolute Gasteiger partial charge is 0.368 e. The highest BCUT2D eigenvalue weighted by Crippen LogP contribution is 2.10. The van der Waals surface area contributed by atoms with Gasteiger partial charge in [0.05, 0.1) is 0 Å². The van der Waals surface area contributed by atoms with Gasteiger partial charge in [-0.1, -0.05) is 13.8 Å². The van der Waals surface area contributed by atoms with E-state index in [9.17, 15) is 4.79 Å². The molecule has 1 amide bonds. The number of hydrogen-bond acceptors (Lipinski definition) is 5. The molecule has 2 rings (SSSR count). The van der Waals surface area contributed by atoms with E-state index in [-0.39, 0.29) is 11.9 Å². The van der Waals surface area contributed by atoms with Crippen molar-refractivity contribution in [3.63, 3.8) is 0 Å². The molecular formula is C16H24N6O. The van der Waals surface area contributed by atoms with Crippen molar-refractivity contribution in [1.82, 2.24) is 24.6 Å². The van der Waals surface area contributed by atoms with Gasteiger partial charge in [0.1, 0.15) is 5.69 Å².